The van der Waals surface area contributed by atoms with Crippen molar-refractivity contribution in [3.05, 3.63) is 29.5 Å². The Balaban J connectivity index is 0.00000512. The number of nitrogens with zero attached hydrogens (tertiary/aromatic N) is 3. The van der Waals surface area contributed by atoms with Crippen molar-refractivity contribution >= 4 is 57.5 Å². The number of amides is 2. The van der Waals surface area contributed by atoms with Crippen molar-refractivity contribution in [3.63, 3.8) is 0 Å². The summed E-state index contributed by atoms with van der Waals surface area (Å²) in [5, 5.41) is 0.580. The average Bonchev–Trinajstić information content (AvgIpc) is 2.71. The largest absolute Gasteiger partial charge is 0.481 e. The van der Waals surface area contributed by atoms with Gasteiger partial charge in [0.2, 0.25) is 17.7 Å². The number of hydrogen-bond acceptors (Lipinski definition) is 10. The van der Waals surface area contributed by atoms with Crippen LogP contribution in [0.25, 0.3) is 0 Å². The second kappa shape index (κ2) is 10.8. The Bertz CT molecular complexity index is 1090. The van der Waals surface area contributed by atoms with Crippen LogP contribution in [0.5, 0.6) is 11.8 Å². The number of pyridine rings is 1. The van der Waals surface area contributed by atoms with Gasteiger partial charge >= 0.3 is 18.2 Å². The van der Waals surface area contributed by atoms with Crippen LogP contribution in [0.2, 0.25) is 0 Å². The van der Waals surface area contributed by atoms with E-state index >= 15 is 0 Å². The van der Waals surface area contributed by atoms with E-state index < -0.39 is 50.4 Å². The third kappa shape index (κ3) is 6.65. The molecule has 2 amide bonds. The van der Waals surface area contributed by atoms with Gasteiger partial charge in [0.05, 0.1) is 33.0 Å². The van der Waals surface area contributed by atoms with E-state index in [1.54, 1.807) is 0 Å². The smallest absolute Gasteiger partial charge is 0.433 e. The summed E-state index contributed by atoms with van der Waals surface area (Å²) in [4.78, 5) is 34.3. The van der Waals surface area contributed by atoms with Crippen LogP contribution >= 0.6 is 0 Å². The molecule has 0 spiro atoms. The van der Waals surface area contributed by atoms with E-state index in [-0.39, 0.29) is 41.3 Å². The molecule has 12 nitrogen and oxygen atoms in total. The first-order valence-electron chi connectivity index (χ1n) is 7.88. The Morgan fingerprint density at radius 3 is 2.03 bits per heavy atom. The maximum atomic E-state index is 13.0. The van der Waals surface area contributed by atoms with E-state index in [1.807, 2.05) is 5.32 Å². The molecular formula is C15H14F3N5NaO7S. The van der Waals surface area contributed by atoms with Gasteiger partial charge in [-0.25, -0.2) is 19.3 Å². The first-order chi connectivity index (χ1) is 14.4. The Morgan fingerprint density at radius 1 is 1.00 bits per heavy atom. The maximum absolute atomic E-state index is 13.0. The van der Waals surface area contributed by atoms with Gasteiger partial charge in [-0.05, 0) is 12.1 Å². The van der Waals surface area contributed by atoms with E-state index in [0.29, 0.717) is 12.1 Å². The van der Waals surface area contributed by atoms with Crippen molar-refractivity contribution in [2.45, 2.75) is 11.2 Å². The monoisotopic (exact) mass is 488 g/mol. The Kier molecular flexibility index (Phi) is 9.19. The third-order valence-electron chi connectivity index (χ3n) is 3.36. The average molecular weight is 488 g/mol. The molecule has 2 N–H and O–H groups in total. The molecule has 2 heterocycles. The molecule has 0 fully saturated rings. The molecule has 17 heteroatoms. The predicted octanol–water partition coefficient (Wildman–Crippen LogP) is 0.824. The maximum Gasteiger partial charge on any atom is 0.433 e. The standard InChI is InChI=1S/C15H14F3N5O7S.Na/c1-28-9-6-10(29-2)21-13(20-9)22-14(25)23-31(26,27)11-7(12(24)30-3)4-5-8(19-11)15(16,17)18;/h4-6H,1-3H3,(H2,20,21,22,23,25);. The number of nitrogens with one attached hydrogen (secondary N) is 2. The number of anilines is 1. The van der Waals surface area contributed by atoms with Crippen LogP contribution in [-0.4, -0.2) is 86.3 Å². The van der Waals surface area contributed by atoms with E-state index in [4.69, 9.17) is 9.47 Å². The molecule has 0 aliphatic carbocycles. The molecule has 0 unspecified atom stereocenters. The zero-order valence-corrected chi connectivity index (χ0v) is 19.8. The molecule has 2 aromatic heterocycles. The molecule has 2 aromatic rings. The number of aromatic nitrogens is 3. The number of esters is 1. The SMILES string of the molecule is COC(=O)c1ccc(C(F)(F)F)nc1S(=O)(=O)NC(=O)Nc1nc(OC)cc(OC)n1.[Na]. The Hall–Kier alpha value is -2.69. The number of ether oxygens (including phenoxy) is 3. The molecule has 0 bridgehead atoms. The Morgan fingerprint density at radius 2 is 1.56 bits per heavy atom. The van der Waals surface area contributed by atoms with Crippen LogP contribution in [0.1, 0.15) is 16.1 Å². The first kappa shape index (κ1) is 27.3. The second-order valence-corrected chi connectivity index (χ2v) is 6.97. The number of carbonyl (C=O) groups is 2. The zero-order valence-electron chi connectivity index (χ0n) is 17.0. The number of carbonyl (C=O) groups excluding carboxylic acids is 2. The fourth-order valence-corrected chi connectivity index (χ4v) is 3.09. The van der Waals surface area contributed by atoms with Crippen LogP contribution in [0.4, 0.5) is 23.9 Å². The second-order valence-electron chi connectivity index (χ2n) is 5.37. The van der Waals surface area contributed by atoms with E-state index in [2.05, 4.69) is 19.7 Å². The molecular weight excluding hydrogens is 474 g/mol. The number of alkyl halides is 3. The quantitative estimate of drug-likeness (QED) is 0.440. The molecule has 0 saturated carbocycles. The van der Waals surface area contributed by atoms with Gasteiger partial charge in [-0.1, -0.05) is 0 Å². The summed E-state index contributed by atoms with van der Waals surface area (Å²) in [6.45, 7) is 0. The van der Waals surface area contributed by atoms with Gasteiger partial charge in [-0.2, -0.15) is 31.6 Å². The minimum absolute atomic E-state index is 0. The number of urea groups is 1. The molecule has 0 aliphatic rings. The topological polar surface area (TPSA) is 159 Å². The van der Waals surface area contributed by atoms with Gasteiger partial charge in [-0.3, -0.25) is 5.32 Å². The summed E-state index contributed by atoms with van der Waals surface area (Å²) < 4.78 is 79.3. The van der Waals surface area contributed by atoms with Gasteiger partial charge in [0, 0.05) is 29.6 Å². The van der Waals surface area contributed by atoms with Crippen molar-refractivity contribution in [2.75, 3.05) is 26.6 Å². The number of methoxy groups -OCH3 is 3. The van der Waals surface area contributed by atoms with E-state index in [0.717, 1.165) is 7.11 Å². The van der Waals surface area contributed by atoms with Gasteiger partial charge < -0.3 is 14.2 Å². The van der Waals surface area contributed by atoms with Gasteiger partial charge in [0.15, 0.2) is 5.03 Å². The van der Waals surface area contributed by atoms with Crippen molar-refractivity contribution in [1.82, 2.24) is 19.7 Å². The number of rotatable bonds is 6. The summed E-state index contributed by atoms with van der Waals surface area (Å²) in [6, 6.07) is 0.742. The fourth-order valence-electron chi connectivity index (χ4n) is 2.03. The Labute approximate surface area is 201 Å². The van der Waals surface area contributed by atoms with E-state index in [1.165, 1.54) is 25.0 Å². The predicted molar refractivity (Wildman–Crippen MR) is 101 cm³/mol. The van der Waals surface area contributed by atoms with Crippen LogP contribution < -0.4 is 19.5 Å². The molecule has 2 rings (SSSR count). The van der Waals surface area contributed by atoms with Crippen LogP contribution in [0.15, 0.2) is 23.2 Å². The molecule has 0 saturated heterocycles. The van der Waals surface area contributed by atoms with Crippen molar-refractivity contribution < 1.29 is 45.4 Å². The van der Waals surface area contributed by atoms with Crippen molar-refractivity contribution in [2.24, 2.45) is 0 Å². The molecule has 169 valence electrons. The number of halogens is 3. The first-order valence-corrected chi connectivity index (χ1v) is 9.37. The summed E-state index contributed by atoms with van der Waals surface area (Å²) in [5.74, 6) is -1.83. The number of sulfonamides is 1. The number of hydrogen-bond donors (Lipinski definition) is 2. The summed E-state index contributed by atoms with van der Waals surface area (Å²) in [6.07, 6.45) is -5.02. The molecule has 32 heavy (non-hydrogen) atoms. The summed E-state index contributed by atoms with van der Waals surface area (Å²) >= 11 is 0. The van der Waals surface area contributed by atoms with Crippen LogP contribution in [-0.2, 0) is 20.9 Å². The van der Waals surface area contributed by atoms with Crippen LogP contribution in [0, 0.1) is 0 Å². The van der Waals surface area contributed by atoms with Gasteiger partial charge in [-0.15, -0.1) is 0 Å². The molecule has 1 radical (unpaired) electrons. The molecule has 0 atom stereocenters. The summed E-state index contributed by atoms with van der Waals surface area (Å²) in [5.41, 5.74) is -2.43. The van der Waals surface area contributed by atoms with Crippen molar-refractivity contribution in [1.29, 1.82) is 0 Å². The minimum atomic E-state index is -5.07. The minimum Gasteiger partial charge on any atom is -0.481 e. The van der Waals surface area contributed by atoms with Crippen molar-refractivity contribution in [3.8, 4) is 11.8 Å². The molecule has 0 aromatic carbocycles. The van der Waals surface area contributed by atoms with Gasteiger partial charge in [0.1, 0.15) is 5.69 Å². The zero-order chi connectivity index (χ0) is 23.4. The van der Waals surface area contributed by atoms with Gasteiger partial charge in [0.25, 0.3) is 10.0 Å². The molecule has 0 aliphatic heterocycles. The summed E-state index contributed by atoms with van der Waals surface area (Å²) in [7, 11) is -1.69. The normalized spacial score (nSPS) is 11.1. The van der Waals surface area contributed by atoms with E-state index in [9.17, 15) is 31.2 Å². The fraction of sp³-hybridized carbons (Fsp3) is 0.267. The van der Waals surface area contributed by atoms with Crippen LogP contribution in [0.3, 0.4) is 0 Å². The third-order valence-corrected chi connectivity index (χ3v) is 4.63.